The van der Waals surface area contributed by atoms with Crippen LogP contribution in [-0.2, 0) is 14.6 Å². The molecule has 1 unspecified atom stereocenters. The molecule has 0 fully saturated rings. The number of carbonyl (C=O) groups is 1. The highest BCUT2D eigenvalue weighted by Crippen LogP contribution is 2.16. The highest BCUT2D eigenvalue weighted by Gasteiger charge is 2.42. The van der Waals surface area contributed by atoms with Crippen LogP contribution >= 0.6 is 0 Å². The SMILES string of the molecule is CC(C)CCS(=O)(=O)C(C)(O)C(N)=O. The van der Waals surface area contributed by atoms with Crippen LogP contribution in [-0.4, -0.2) is 30.1 Å². The second kappa shape index (κ2) is 4.27. The van der Waals surface area contributed by atoms with Crippen LogP contribution in [0.4, 0.5) is 0 Å². The first-order valence-corrected chi connectivity index (χ1v) is 6.01. The zero-order valence-electron chi connectivity index (χ0n) is 8.65. The zero-order valence-corrected chi connectivity index (χ0v) is 9.47. The number of primary amides is 1. The van der Waals surface area contributed by atoms with E-state index in [0.717, 1.165) is 6.92 Å². The van der Waals surface area contributed by atoms with E-state index in [0.29, 0.717) is 6.42 Å². The van der Waals surface area contributed by atoms with Gasteiger partial charge in [0.2, 0.25) is 4.93 Å². The number of sulfone groups is 1. The smallest absolute Gasteiger partial charge is 0.265 e. The highest BCUT2D eigenvalue weighted by molar-refractivity contribution is 7.93. The van der Waals surface area contributed by atoms with Crippen molar-refractivity contribution in [2.75, 3.05) is 5.75 Å². The van der Waals surface area contributed by atoms with Crippen LogP contribution < -0.4 is 5.73 Å². The minimum atomic E-state index is -3.87. The van der Waals surface area contributed by atoms with Crippen LogP contribution in [0.25, 0.3) is 0 Å². The largest absolute Gasteiger partial charge is 0.367 e. The van der Waals surface area contributed by atoms with Gasteiger partial charge >= 0.3 is 0 Å². The maximum absolute atomic E-state index is 11.4. The Morgan fingerprint density at radius 2 is 1.93 bits per heavy atom. The zero-order chi connectivity index (χ0) is 11.6. The second-order valence-corrected chi connectivity index (χ2v) is 6.28. The van der Waals surface area contributed by atoms with Gasteiger partial charge in [0.05, 0.1) is 5.75 Å². The summed E-state index contributed by atoms with van der Waals surface area (Å²) < 4.78 is 22.9. The van der Waals surface area contributed by atoms with Crippen LogP contribution in [0.2, 0.25) is 0 Å². The molecule has 0 spiro atoms. The molecule has 0 bridgehead atoms. The molecule has 5 nitrogen and oxygen atoms in total. The fraction of sp³-hybridized carbons (Fsp3) is 0.875. The monoisotopic (exact) mass is 223 g/mol. The first kappa shape index (κ1) is 13.4. The standard InChI is InChI=1S/C8H17NO4S/c1-6(2)4-5-14(12,13)8(3,11)7(9)10/h6,11H,4-5H2,1-3H3,(H2,9,10). The van der Waals surface area contributed by atoms with Crippen molar-refractivity contribution in [1.29, 1.82) is 0 Å². The van der Waals surface area contributed by atoms with E-state index in [1.807, 2.05) is 13.8 Å². The Bertz CT molecular complexity index is 305. The van der Waals surface area contributed by atoms with Crippen molar-refractivity contribution in [3.8, 4) is 0 Å². The summed E-state index contributed by atoms with van der Waals surface area (Å²) in [6, 6.07) is 0. The van der Waals surface area contributed by atoms with Gasteiger partial charge < -0.3 is 10.8 Å². The van der Waals surface area contributed by atoms with Gasteiger partial charge in [-0.05, 0) is 19.3 Å². The summed E-state index contributed by atoms with van der Waals surface area (Å²) in [6.07, 6.45) is 0.395. The van der Waals surface area contributed by atoms with Crippen LogP contribution in [0, 0.1) is 5.92 Å². The van der Waals surface area contributed by atoms with E-state index < -0.39 is 20.7 Å². The molecule has 0 aliphatic heterocycles. The molecule has 0 aliphatic rings. The molecule has 1 atom stereocenters. The summed E-state index contributed by atoms with van der Waals surface area (Å²) in [4.78, 5) is 8.25. The summed E-state index contributed by atoms with van der Waals surface area (Å²) in [5, 5.41) is 9.37. The number of hydrogen-bond acceptors (Lipinski definition) is 4. The predicted octanol–water partition coefficient (Wildman–Crippen LogP) is -0.359. The third kappa shape index (κ3) is 2.95. The van der Waals surface area contributed by atoms with E-state index in [4.69, 9.17) is 5.73 Å². The van der Waals surface area contributed by atoms with Gasteiger partial charge in [-0.25, -0.2) is 8.42 Å². The van der Waals surface area contributed by atoms with Crippen molar-refractivity contribution >= 4 is 15.7 Å². The predicted molar refractivity (Wildman–Crippen MR) is 53.1 cm³/mol. The van der Waals surface area contributed by atoms with Gasteiger partial charge in [-0.15, -0.1) is 0 Å². The third-order valence-corrected chi connectivity index (χ3v) is 4.21. The molecule has 84 valence electrons. The molecular weight excluding hydrogens is 206 g/mol. The number of carbonyl (C=O) groups excluding carboxylic acids is 1. The van der Waals surface area contributed by atoms with E-state index in [1.165, 1.54) is 0 Å². The lowest BCUT2D eigenvalue weighted by Gasteiger charge is -2.19. The molecule has 0 heterocycles. The van der Waals surface area contributed by atoms with Crippen molar-refractivity contribution in [2.24, 2.45) is 11.7 Å². The van der Waals surface area contributed by atoms with E-state index >= 15 is 0 Å². The maximum atomic E-state index is 11.4. The number of amides is 1. The summed E-state index contributed by atoms with van der Waals surface area (Å²) in [6.45, 7) is 4.62. The maximum Gasteiger partial charge on any atom is 0.265 e. The Labute approximate surface area is 84.2 Å². The van der Waals surface area contributed by atoms with Crippen molar-refractivity contribution in [3.63, 3.8) is 0 Å². The van der Waals surface area contributed by atoms with Crippen molar-refractivity contribution in [2.45, 2.75) is 32.1 Å². The van der Waals surface area contributed by atoms with E-state index in [-0.39, 0.29) is 11.7 Å². The quantitative estimate of drug-likeness (QED) is 0.665. The van der Waals surface area contributed by atoms with Crippen molar-refractivity contribution < 1.29 is 18.3 Å². The van der Waals surface area contributed by atoms with Crippen LogP contribution in [0.1, 0.15) is 27.2 Å². The highest BCUT2D eigenvalue weighted by atomic mass is 32.2. The first-order valence-electron chi connectivity index (χ1n) is 4.36. The molecule has 0 rings (SSSR count). The van der Waals surface area contributed by atoms with Gasteiger partial charge in [-0.2, -0.15) is 0 Å². The molecule has 0 saturated carbocycles. The van der Waals surface area contributed by atoms with Gasteiger partial charge in [0.15, 0.2) is 9.84 Å². The fourth-order valence-electron chi connectivity index (χ4n) is 0.743. The lowest BCUT2D eigenvalue weighted by Crippen LogP contribution is -2.48. The molecule has 0 aromatic heterocycles. The Hall–Kier alpha value is -0.620. The summed E-state index contributed by atoms with van der Waals surface area (Å²) in [5.74, 6) is -1.28. The molecule has 0 aromatic carbocycles. The average molecular weight is 223 g/mol. The summed E-state index contributed by atoms with van der Waals surface area (Å²) in [5.41, 5.74) is 4.79. The van der Waals surface area contributed by atoms with Crippen LogP contribution in [0.3, 0.4) is 0 Å². The van der Waals surface area contributed by atoms with Crippen molar-refractivity contribution in [1.82, 2.24) is 0 Å². The van der Waals surface area contributed by atoms with E-state index in [1.54, 1.807) is 0 Å². The van der Waals surface area contributed by atoms with Gasteiger partial charge in [-0.3, -0.25) is 4.79 Å². The van der Waals surface area contributed by atoms with Gasteiger partial charge in [0.25, 0.3) is 5.91 Å². The van der Waals surface area contributed by atoms with E-state index in [9.17, 15) is 18.3 Å². The molecule has 14 heavy (non-hydrogen) atoms. The number of aliphatic hydroxyl groups is 1. The Balaban J connectivity index is 4.71. The Kier molecular flexibility index (Phi) is 4.08. The molecular formula is C8H17NO4S. The molecule has 6 heteroatoms. The molecule has 0 aliphatic carbocycles. The minimum Gasteiger partial charge on any atom is -0.367 e. The second-order valence-electron chi connectivity index (χ2n) is 3.85. The number of hydrogen-bond donors (Lipinski definition) is 2. The topological polar surface area (TPSA) is 97.5 Å². The van der Waals surface area contributed by atoms with Gasteiger partial charge in [0.1, 0.15) is 0 Å². The molecule has 3 N–H and O–H groups in total. The fourth-order valence-corrected chi connectivity index (χ4v) is 2.23. The van der Waals surface area contributed by atoms with Crippen LogP contribution in [0.5, 0.6) is 0 Å². The summed E-state index contributed by atoms with van der Waals surface area (Å²) >= 11 is 0. The molecule has 0 radical (unpaired) electrons. The average Bonchev–Trinajstić information content (AvgIpc) is 2.00. The van der Waals surface area contributed by atoms with E-state index in [2.05, 4.69) is 0 Å². The lowest BCUT2D eigenvalue weighted by atomic mass is 10.2. The molecule has 0 aromatic rings. The third-order valence-electron chi connectivity index (χ3n) is 2.03. The Morgan fingerprint density at radius 1 is 1.50 bits per heavy atom. The van der Waals surface area contributed by atoms with Crippen molar-refractivity contribution in [3.05, 3.63) is 0 Å². The minimum absolute atomic E-state index is 0.188. The summed E-state index contributed by atoms with van der Waals surface area (Å²) in [7, 11) is -3.87. The normalized spacial score (nSPS) is 16.6. The van der Waals surface area contributed by atoms with Gasteiger partial charge in [-0.1, -0.05) is 13.8 Å². The lowest BCUT2D eigenvalue weighted by molar-refractivity contribution is -0.127. The first-order chi connectivity index (χ1) is 6.11. The number of nitrogens with two attached hydrogens (primary N) is 1. The van der Waals surface area contributed by atoms with Gasteiger partial charge in [0, 0.05) is 0 Å². The Morgan fingerprint density at radius 3 is 2.21 bits per heavy atom. The number of rotatable bonds is 5. The van der Waals surface area contributed by atoms with Crippen LogP contribution in [0.15, 0.2) is 0 Å². The molecule has 0 saturated heterocycles. The molecule has 1 amide bonds.